The molecule has 4 nitrogen and oxygen atoms in total. The zero-order valence-corrected chi connectivity index (χ0v) is 17.7. The number of hydrogen-bond donors (Lipinski definition) is 1. The molecule has 0 atom stereocenters. The molecule has 0 aliphatic heterocycles. The molecule has 1 amide bonds. The molecule has 0 aromatic heterocycles. The van der Waals surface area contributed by atoms with Gasteiger partial charge in [0.05, 0.1) is 7.11 Å². The lowest BCUT2D eigenvalue weighted by molar-refractivity contribution is -0.112. The van der Waals surface area contributed by atoms with Crippen LogP contribution in [-0.4, -0.2) is 13.0 Å². The normalized spacial score (nSPS) is 10.9. The molecule has 3 aromatic rings. The predicted octanol–water partition coefficient (Wildman–Crippen LogP) is 5.73. The van der Waals surface area contributed by atoms with Crippen LogP contribution >= 0.6 is 15.9 Å². The fourth-order valence-corrected chi connectivity index (χ4v) is 3.32. The first-order valence-electron chi connectivity index (χ1n) is 9.09. The SMILES string of the molecule is COc1cc(/C=C(\C#N)C(=O)Nc2ccc(F)cc2)ccc1Cc1ccccc1Br. The highest BCUT2D eigenvalue weighted by molar-refractivity contribution is 9.10. The number of hydrogen-bond acceptors (Lipinski definition) is 3. The number of methoxy groups -OCH3 is 1. The van der Waals surface area contributed by atoms with Crippen LogP contribution in [0.3, 0.4) is 0 Å². The summed E-state index contributed by atoms with van der Waals surface area (Å²) in [6.45, 7) is 0. The average Bonchev–Trinajstić information content (AvgIpc) is 2.76. The maximum Gasteiger partial charge on any atom is 0.266 e. The van der Waals surface area contributed by atoms with Crippen molar-refractivity contribution in [1.29, 1.82) is 5.26 Å². The summed E-state index contributed by atoms with van der Waals surface area (Å²) in [6.07, 6.45) is 2.16. The van der Waals surface area contributed by atoms with E-state index in [-0.39, 0.29) is 5.57 Å². The van der Waals surface area contributed by atoms with Crippen LogP contribution in [0.5, 0.6) is 5.75 Å². The van der Waals surface area contributed by atoms with E-state index in [1.165, 1.54) is 30.3 Å². The van der Waals surface area contributed by atoms with E-state index < -0.39 is 11.7 Å². The third kappa shape index (κ3) is 5.34. The highest BCUT2D eigenvalue weighted by Gasteiger charge is 2.12. The first kappa shape index (κ1) is 21.3. The van der Waals surface area contributed by atoms with Gasteiger partial charge in [0, 0.05) is 16.6 Å². The highest BCUT2D eigenvalue weighted by Crippen LogP contribution is 2.27. The number of carbonyl (C=O) groups is 1. The Bertz CT molecular complexity index is 1130. The van der Waals surface area contributed by atoms with Crippen molar-refractivity contribution in [2.24, 2.45) is 0 Å². The zero-order valence-electron chi connectivity index (χ0n) is 16.2. The van der Waals surface area contributed by atoms with E-state index in [0.717, 1.165) is 15.6 Å². The molecule has 0 saturated heterocycles. The Kier molecular flexibility index (Phi) is 6.99. The van der Waals surface area contributed by atoms with Crippen LogP contribution in [0, 0.1) is 17.1 Å². The fraction of sp³-hybridized carbons (Fsp3) is 0.0833. The minimum atomic E-state index is -0.569. The number of nitriles is 1. The van der Waals surface area contributed by atoms with Crippen LogP contribution < -0.4 is 10.1 Å². The van der Waals surface area contributed by atoms with Gasteiger partial charge in [0.15, 0.2) is 0 Å². The second-order valence-electron chi connectivity index (χ2n) is 6.47. The lowest BCUT2D eigenvalue weighted by Crippen LogP contribution is -2.13. The second kappa shape index (κ2) is 9.86. The Morgan fingerprint density at radius 1 is 1.13 bits per heavy atom. The molecule has 3 aromatic carbocycles. The summed E-state index contributed by atoms with van der Waals surface area (Å²) in [5, 5.41) is 12.0. The van der Waals surface area contributed by atoms with Gasteiger partial charge in [0.1, 0.15) is 23.2 Å². The minimum Gasteiger partial charge on any atom is -0.496 e. The molecule has 150 valence electrons. The Morgan fingerprint density at radius 3 is 2.53 bits per heavy atom. The lowest BCUT2D eigenvalue weighted by Gasteiger charge is -2.11. The molecule has 0 fully saturated rings. The highest BCUT2D eigenvalue weighted by atomic mass is 79.9. The Labute approximate surface area is 182 Å². The van der Waals surface area contributed by atoms with Gasteiger partial charge in [-0.25, -0.2) is 4.39 Å². The Morgan fingerprint density at radius 2 is 1.87 bits per heavy atom. The van der Waals surface area contributed by atoms with Gasteiger partial charge < -0.3 is 10.1 Å². The van der Waals surface area contributed by atoms with Crippen molar-refractivity contribution in [3.8, 4) is 11.8 Å². The molecule has 0 aliphatic rings. The Balaban J connectivity index is 1.82. The third-order valence-corrected chi connectivity index (χ3v) is 5.20. The molecular formula is C24H18BrFN2O2. The number of rotatable bonds is 6. The van der Waals surface area contributed by atoms with Crippen molar-refractivity contribution < 1.29 is 13.9 Å². The molecule has 0 bridgehead atoms. The van der Waals surface area contributed by atoms with Gasteiger partial charge in [0.2, 0.25) is 0 Å². The van der Waals surface area contributed by atoms with E-state index >= 15 is 0 Å². The molecule has 0 saturated carbocycles. The van der Waals surface area contributed by atoms with Crippen LogP contribution in [-0.2, 0) is 11.2 Å². The molecule has 0 unspecified atom stereocenters. The van der Waals surface area contributed by atoms with Crippen molar-refractivity contribution in [2.45, 2.75) is 6.42 Å². The quantitative estimate of drug-likeness (QED) is 0.374. The topological polar surface area (TPSA) is 62.1 Å². The molecule has 0 spiro atoms. The molecule has 30 heavy (non-hydrogen) atoms. The minimum absolute atomic E-state index is 0.0695. The van der Waals surface area contributed by atoms with E-state index in [0.29, 0.717) is 23.4 Å². The molecule has 3 rings (SSSR count). The van der Waals surface area contributed by atoms with Crippen LogP contribution in [0.25, 0.3) is 6.08 Å². The van der Waals surface area contributed by atoms with Gasteiger partial charge in [-0.15, -0.1) is 0 Å². The molecule has 0 radical (unpaired) electrons. The summed E-state index contributed by atoms with van der Waals surface area (Å²) in [5.74, 6) is -0.310. The standard InChI is InChI=1S/C24H18BrFN2O2/c1-30-23-13-16(6-7-18(23)14-17-4-2-3-5-22(17)25)12-19(15-27)24(29)28-21-10-8-20(26)9-11-21/h2-13H,14H2,1H3,(H,28,29)/b19-12+. The summed E-state index contributed by atoms with van der Waals surface area (Å²) in [4.78, 5) is 12.4. The largest absolute Gasteiger partial charge is 0.496 e. The summed E-state index contributed by atoms with van der Waals surface area (Å²) in [6, 6.07) is 20.7. The number of anilines is 1. The number of nitrogens with one attached hydrogen (secondary N) is 1. The molecule has 0 heterocycles. The Hall–Kier alpha value is -3.43. The number of carbonyl (C=O) groups excluding carboxylic acids is 1. The van der Waals surface area contributed by atoms with Gasteiger partial charge in [-0.1, -0.05) is 46.3 Å². The van der Waals surface area contributed by atoms with E-state index in [1.807, 2.05) is 42.5 Å². The second-order valence-corrected chi connectivity index (χ2v) is 7.32. The molecule has 0 aliphatic carbocycles. The van der Waals surface area contributed by atoms with Gasteiger partial charge in [-0.3, -0.25) is 4.79 Å². The first-order valence-corrected chi connectivity index (χ1v) is 9.88. The molecule has 6 heteroatoms. The van der Waals surface area contributed by atoms with Crippen LogP contribution in [0.15, 0.2) is 76.8 Å². The van der Waals surface area contributed by atoms with E-state index in [9.17, 15) is 14.4 Å². The molecular weight excluding hydrogens is 447 g/mol. The molecule has 1 N–H and O–H groups in total. The zero-order chi connectivity index (χ0) is 21.5. The summed E-state index contributed by atoms with van der Waals surface area (Å²) >= 11 is 3.55. The first-order chi connectivity index (χ1) is 14.5. The van der Waals surface area contributed by atoms with Crippen LogP contribution in [0.2, 0.25) is 0 Å². The van der Waals surface area contributed by atoms with Gasteiger partial charge in [0.25, 0.3) is 5.91 Å². The van der Waals surface area contributed by atoms with E-state index in [4.69, 9.17) is 4.74 Å². The maximum absolute atomic E-state index is 13.0. The lowest BCUT2D eigenvalue weighted by atomic mass is 10.0. The third-order valence-electron chi connectivity index (χ3n) is 4.43. The summed E-state index contributed by atoms with van der Waals surface area (Å²) in [7, 11) is 1.58. The van der Waals surface area contributed by atoms with Crippen molar-refractivity contribution in [3.05, 3.63) is 99.3 Å². The van der Waals surface area contributed by atoms with E-state index in [1.54, 1.807) is 13.2 Å². The van der Waals surface area contributed by atoms with Gasteiger partial charge in [-0.2, -0.15) is 5.26 Å². The van der Waals surface area contributed by atoms with Gasteiger partial charge >= 0.3 is 0 Å². The monoisotopic (exact) mass is 464 g/mol. The van der Waals surface area contributed by atoms with Crippen LogP contribution in [0.4, 0.5) is 10.1 Å². The van der Waals surface area contributed by atoms with Crippen LogP contribution in [0.1, 0.15) is 16.7 Å². The van der Waals surface area contributed by atoms with E-state index in [2.05, 4.69) is 21.2 Å². The number of ether oxygens (including phenoxy) is 1. The van der Waals surface area contributed by atoms with Crippen molar-refractivity contribution in [3.63, 3.8) is 0 Å². The van der Waals surface area contributed by atoms with Crippen molar-refractivity contribution in [1.82, 2.24) is 0 Å². The van der Waals surface area contributed by atoms with Gasteiger partial charge in [-0.05, 0) is 59.2 Å². The fourth-order valence-electron chi connectivity index (χ4n) is 2.89. The number of amides is 1. The predicted molar refractivity (Wildman–Crippen MR) is 119 cm³/mol. The number of benzene rings is 3. The van der Waals surface area contributed by atoms with Crippen molar-refractivity contribution in [2.75, 3.05) is 12.4 Å². The summed E-state index contributed by atoms with van der Waals surface area (Å²) in [5.41, 5.74) is 3.10. The maximum atomic E-state index is 13.0. The summed E-state index contributed by atoms with van der Waals surface area (Å²) < 4.78 is 19.5. The number of nitrogens with zero attached hydrogens (tertiary/aromatic N) is 1. The smallest absolute Gasteiger partial charge is 0.266 e. The van der Waals surface area contributed by atoms with Crippen molar-refractivity contribution >= 4 is 33.6 Å². The number of halogens is 2. The average molecular weight is 465 g/mol.